The van der Waals surface area contributed by atoms with E-state index in [2.05, 4.69) is 19.3 Å². The first kappa shape index (κ1) is 37.8. The van der Waals surface area contributed by atoms with Gasteiger partial charge >= 0.3 is 18.3 Å². The Bertz CT molecular complexity index is 2030. The second kappa shape index (κ2) is 16.8. The first-order chi connectivity index (χ1) is 24.9. The first-order valence-corrected chi connectivity index (χ1v) is 19.0. The van der Waals surface area contributed by atoms with E-state index in [1.807, 2.05) is 0 Å². The zero-order valence-corrected chi connectivity index (χ0v) is 30.1. The number of nitrogens with one attached hydrogen (secondary N) is 1. The molecule has 0 spiro atoms. The van der Waals surface area contributed by atoms with Crippen molar-refractivity contribution in [2.75, 3.05) is 49.9 Å². The molecule has 0 unspecified atom stereocenters. The number of halogens is 4. The summed E-state index contributed by atoms with van der Waals surface area (Å²) >= 11 is 12.8. The van der Waals surface area contributed by atoms with Crippen LogP contribution in [-0.2, 0) is 37.3 Å². The monoisotopic (exact) mass is 784 g/mol. The van der Waals surface area contributed by atoms with Crippen LogP contribution in [0.4, 0.5) is 14.5 Å². The van der Waals surface area contributed by atoms with Crippen molar-refractivity contribution in [3.63, 3.8) is 0 Å². The van der Waals surface area contributed by atoms with Gasteiger partial charge in [-0.25, -0.2) is 13.2 Å². The summed E-state index contributed by atoms with van der Waals surface area (Å²) in [5.41, 5.74) is 1.22. The number of morpholine rings is 1. The lowest BCUT2D eigenvalue weighted by Gasteiger charge is -2.26. The van der Waals surface area contributed by atoms with Gasteiger partial charge in [0.2, 0.25) is 10.0 Å². The predicted octanol–water partition coefficient (Wildman–Crippen LogP) is 5.68. The van der Waals surface area contributed by atoms with Crippen LogP contribution in [0.5, 0.6) is 11.5 Å². The number of anilines is 1. The van der Waals surface area contributed by atoms with Crippen molar-refractivity contribution in [2.24, 2.45) is 5.92 Å². The van der Waals surface area contributed by atoms with Crippen LogP contribution in [-0.4, -0.2) is 80.7 Å². The highest BCUT2D eigenvalue weighted by atomic mass is 35.5. The Labute approximate surface area is 307 Å². The largest absolute Gasteiger partial charge is 0.489 e. The van der Waals surface area contributed by atoms with E-state index in [0.29, 0.717) is 49.8 Å². The van der Waals surface area contributed by atoms with Gasteiger partial charge in [-0.3, -0.25) is 24.0 Å². The molecule has 1 aliphatic carbocycles. The maximum Gasteiger partial charge on any atom is 0.420 e. The smallest absolute Gasteiger partial charge is 0.420 e. The minimum absolute atomic E-state index is 0.0400. The van der Waals surface area contributed by atoms with Gasteiger partial charge in [0.1, 0.15) is 12.6 Å². The zero-order chi connectivity index (χ0) is 36.8. The first-order valence-electron chi connectivity index (χ1n) is 16.6. The number of rotatable bonds is 17. The molecule has 1 N–H and O–H groups in total. The Hall–Kier alpha value is -3.96. The van der Waals surface area contributed by atoms with E-state index >= 15 is 0 Å². The fourth-order valence-corrected chi connectivity index (χ4v) is 7.32. The molecule has 1 saturated heterocycles. The number of pyridine rings is 1. The standard InChI is InChI=1S/C34H36Cl2F2N4O9S/c35-25-17-39-18-26(36)24(25)16-29(22-4-7-28(50-33(37)38)31(14-22)48-20-21-2-3-21)49-32(43)19-42-27-6-5-23(15-30(27)51-34(42)44)40-52(45,46)13-1-8-41-9-11-47-12-10-41/h4-7,14-15,17-18,21,29,33,40H,1-3,8-13,16,19-20H2/t29-/m0/s1. The summed E-state index contributed by atoms with van der Waals surface area (Å²) in [6.45, 7) is -0.0102. The molecule has 280 valence electrons. The molecule has 1 saturated carbocycles. The zero-order valence-electron chi connectivity index (χ0n) is 27.8. The minimum atomic E-state index is -3.70. The number of hydrogen-bond acceptors (Lipinski definition) is 11. The highest BCUT2D eigenvalue weighted by Gasteiger charge is 2.27. The van der Waals surface area contributed by atoms with E-state index in [1.54, 1.807) is 0 Å². The molecular weight excluding hydrogens is 749 g/mol. The van der Waals surface area contributed by atoms with Gasteiger partial charge in [-0.2, -0.15) is 8.78 Å². The predicted molar refractivity (Wildman–Crippen MR) is 188 cm³/mol. The lowest BCUT2D eigenvalue weighted by atomic mass is 10.0. The van der Waals surface area contributed by atoms with E-state index in [-0.39, 0.29) is 50.5 Å². The molecule has 4 aromatic rings. The van der Waals surface area contributed by atoms with E-state index in [0.717, 1.165) is 30.5 Å². The molecular formula is C34H36Cl2F2N4O9S. The SMILES string of the molecule is O=C(Cn1c(=O)oc2cc(NS(=O)(=O)CCCN3CCOCC3)ccc21)O[C@@H](Cc1c(Cl)cncc1Cl)c1ccc(OC(F)F)c(OCC2CC2)c1. The second-order valence-electron chi connectivity index (χ2n) is 12.5. The molecule has 2 aromatic carbocycles. The number of hydrogen-bond donors (Lipinski definition) is 1. The number of carbonyl (C=O) groups excluding carboxylic acids is 1. The van der Waals surface area contributed by atoms with Crippen molar-refractivity contribution < 1.29 is 45.4 Å². The number of fused-ring (bicyclic) bond motifs is 1. The number of esters is 1. The Balaban J connectivity index is 1.18. The molecule has 0 amide bonds. The average Bonchev–Trinajstić information content (AvgIpc) is 3.88. The van der Waals surface area contributed by atoms with Crippen LogP contribution in [0, 0.1) is 5.92 Å². The van der Waals surface area contributed by atoms with Crippen LogP contribution in [0.25, 0.3) is 11.1 Å². The van der Waals surface area contributed by atoms with Crippen LogP contribution >= 0.6 is 23.2 Å². The van der Waals surface area contributed by atoms with Crippen molar-refractivity contribution >= 4 is 56.0 Å². The molecule has 3 heterocycles. The van der Waals surface area contributed by atoms with Gasteiger partial charge in [0.05, 0.1) is 46.8 Å². The van der Waals surface area contributed by atoms with Gasteiger partial charge in [0.15, 0.2) is 17.1 Å². The summed E-state index contributed by atoms with van der Waals surface area (Å²) in [5, 5.41) is 0.411. The summed E-state index contributed by atoms with van der Waals surface area (Å²) in [7, 11) is -3.70. The Morgan fingerprint density at radius 2 is 1.81 bits per heavy atom. The maximum atomic E-state index is 13.5. The topological polar surface area (TPSA) is 151 Å². The number of ether oxygens (including phenoxy) is 4. The Kier molecular flexibility index (Phi) is 12.2. The van der Waals surface area contributed by atoms with Gasteiger partial charge in [0.25, 0.3) is 0 Å². The van der Waals surface area contributed by atoms with Crippen molar-refractivity contribution in [3.8, 4) is 11.5 Å². The summed E-state index contributed by atoms with van der Waals surface area (Å²) in [6.07, 6.45) is 3.98. The lowest BCUT2D eigenvalue weighted by molar-refractivity contribution is -0.150. The Morgan fingerprint density at radius 1 is 1.06 bits per heavy atom. The molecule has 18 heteroatoms. The molecule has 1 atom stereocenters. The quantitative estimate of drug-likeness (QED) is 0.132. The summed E-state index contributed by atoms with van der Waals surface area (Å²) < 4.78 is 82.5. The summed E-state index contributed by atoms with van der Waals surface area (Å²) in [6, 6.07) is 8.48. The maximum absolute atomic E-state index is 13.5. The molecule has 52 heavy (non-hydrogen) atoms. The van der Waals surface area contributed by atoms with E-state index in [4.69, 9.17) is 41.8 Å². The number of alkyl halides is 2. The average molecular weight is 786 g/mol. The highest BCUT2D eigenvalue weighted by Crippen LogP contribution is 2.38. The van der Waals surface area contributed by atoms with Crippen molar-refractivity contribution in [1.29, 1.82) is 0 Å². The lowest BCUT2D eigenvalue weighted by Crippen LogP contribution is -2.37. The Morgan fingerprint density at radius 3 is 2.52 bits per heavy atom. The molecule has 6 rings (SSSR count). The fraction of sp³-hybridized carbons (Fsp3) is 0.441. The summed E-state index contributed by atoms with van der Waals surface area (Å²) in [4.78, 5) is 32.5. The number of aromatic nitrogens is 2. The molecule has 1 aliphatic heterocycles. The molecule has 2 aromatic heterocycles. The van der Waals surface area contributed by atoms with Gasteiger partial charge in [-0.05, 0) is 67.1 Å². The van der Waals surface area contributed by atoms with E-state index in [1.165, 1.54) is 48.8 Å². The number of oxazole rings is 1. The van der Waals surface area contributed by atoms with Gasteiger partial charge < -0.3 is 23.4 Å². The van der Waals surface area contributed by atoms with Crippen molar-refractivity contribution in [1.82, 2.24) is 14.5 Å². The van der Waals surface area contributed by atoms with Crippen LogP contribution in [0.2, 0.25) is 10.0 Å². The molecule has 2 fully saturated rings. The number of benzene rings is 2. The summed E-state index contributed by atoms with van der Waals surface area (Å²) in [5.74, 6) is -1.68. The van der Waals surface area contributed by atoms with Crippen LogP contribution < -0.4 is 20.0 Å². The van der Waals surface area contributed by atoms with E-state index in [9.17, 15) is 26.8 Å². The number of sulfonamides is 1. The third-order valence-corrected chi connectivity index (χ3v) is 10.6. The normalized spacial score (nSPS) is 15.9. The van der Waals surface area contributed by atoms with E-state index < -0.39 is 41.0 Å². The van der Waals surface area contributed by atoms with Gasteiger partial charge in [0, 0.05) is 38.0 Å². The molecule has 2 aliphatic rings. The third-order valence-electron chi connectivity index (χ3n) is 8.56. The van der Waals surface area contributed by atoms with Gasteiger partial charge in [-0.1, -0.05) is 29.3 Å². The number of nitrogens with zero attached hydrogens (tertiary/aromatic N) is 3. The molecule has 0 radical (unpaired) electrons. The van der Waals surface area contributed by atoms with Crippen molar-refractivity contribution in [3.05, 3.63) is 80.5 Å². The molecule has 13 nitrogen and oxygen atoms in total. The molecule has 0 bridgehead atoms. The third kappa shape index (κ3) is 10.1. The number of carbonyl (C=O) groups is 1. The minimum Gasteiger partial charge on any atom is -0.489 e. The highest BCUT2D eigenvalue weighted by molar-refractivity contribution is 7.92. The van der Waals surface area contributed by atoms with Crippen molar-refractivity contribution in [2.45, 2.75) is 44.9 Å². The van der Waals surface area contributed by atoms with Crippen LogP contribution in [0.15, 0.2) is 58.0 Å². The van der Waals surface area contributed by atoms with Crippen LogP contribution in [0.1, 0.15) is 36.5 Å². The fourth-order valence-electron chi connectivity index (χ4n) is 5.71. The second-order valence-corrected chi connectivity index (χ2v) is 15.1. The van der Waals surface area contributed by atoms with Crippen LogP contribution in [0.3, 0.4) is 0 Å². The van der Waals surface area contributed by atoms with Gasteiger partial charge in [-0.15, -0.1) is 0 Å².